The van der Waals surface area contributed by atoms with E-state index in [1.54, 1.807) is 12.3 Å². The summed E-state index contributed by atoms with van der Waals surface area (Å²) in [6.45, 7) is 6.81. The minimum absolute atomic E-state index is 0.282. The van der Waals surface area contributed by atoms with E-state index in [9.17, 15) is 0 Å². The highest BCUT2D eigenvalue weighted by atomic mass is 16.5. The Balaban J connectivity index is 1.63. The molecule has 2 aromatic rings. The molecule has 2 fully saturated rings. The standard InChI is InChI=1S/C19H24N6O2/c1-12-10-26-6-4-24(12)18-15-8-14-11-27-7-5-25(14)19(15)23-17(22-18)13-2-3-16(20)21-9-13/h2-3,9,12,14H,4-8,10-11H2,1H3,(H2,20,21)/t12-,14-/m1/s1. The van der Waals surface area contributed by atoms with Crippen molar-refractivity contribution in [3.63, 3.8) is 0 Å². The van der Waals surface area contributed by atoms with Gasteiger partial charge in [0.1, 0.15) is 17.5 Å². The Morgan fingerprint density at radius 1 is 1.04 bits per heavy atom. The number of pyridine rings is 1. The predicted molar refractivity (Wildman–Crippen MR) is 103 cm³/mol. The van der Waals surface area contributed by atoms with Crippen LogP contribution in [0.5, 0.6) is 0 Å². The summed E-state index contributed by atoms with van der Waals surface area (Å²) in [5, 5.41) is 0. The first-order valence-electron chi connectivity index (χ1n) is 9.52. The number of anilines is 3. The highest BCUT2D eigenvalue weighted by Gasteiger charge is 2.38. The molecule has 8 nitrogen and oxygen atoms in total. The Morgan fingerprint density at radius 3 is 2.52 bits per heavy atom. The van der Waals surface area contributed by atoms with Gasteiger partial charge in [-0.25, -0.2) is 15.0 Å². The van der Waals surface area contributed by atoms with Crippen molar-refractivity contribution < 1.29 is 9.47 Å². The number of aromatic nitrogens is 3. The van der Waals surface area contributed by atoms with Gasteiger partial charge >= 0.3 is 0 Å². The van der Waals surface area contributed by atoms with Gasteiger partial charge < -0.3 is 25.0 Å². The maximum Gasteiger partial charge on any atom is 0.165 e. The van der Waals surface area contributed by atoms with Crippen LogP contribution >= 0.6 is 0 Å². The minimum Gasteiger partial charge on any atom is -0.384 e. The molecule has 0 radical (unpaired) electrons. The normalized spacial score (nSPS) is 24.6. The molecule has 5 heterocycles. The van der Waals surface area contributed by atoms with E-state index in [1.807, 2.05) is 6.07 Å². The third kappa shape index (κ3) is 2.89. The fraction of sp³-hybridized carbons (Fsp3) is 0.526. The van der Waals surface area contributed by atoms with Gasteiger partial charge in [0.05, 0.1) is 38.5 Å². The molecule has 2 atom stereocenters. The van der Waals surface area contributed by atoms with E-state index in [0.29, 0.717) is 24.3 Å². The van der Waals surface area contributed by atoms with Gasteiger partial charge in [-0.1, -0.05) is 0 Å². The second-order valence-corrected chi connectivity index (χ2v) is 7.39. The zero-order valence-corrected chi connectivity index (χ0v) is 15.5. The van der Waals surface area contributed by atoms with Crippen LogP contribution < -0.4 is 15.5 Å². The summed E-state index contributed by atoms with van der Waals surface area (Å²) in [4.78, 5) is 18.9. The van der Waals surface area contributed by atoms with Crippen LogP contribution in [-0.4, -0.2) is 66.6 Å². The van der Waals surface area contributed by atoms with Gasteiger partial charge in [0.2, 0.25) is 0 Å². The molecular weight excluding hydrogens is 344 g/mol. The first-order valence-corrected chi connectivity index (χ1v) is 9.52. The molecule has 2 saturated heterocycles. The highest BCUT2D eigenvalue weighted by Crippen LogP contribution is 2.39. The lowest BCUT2D eigenvalue weighted by molar-refractivity contribution is 0.0967. The number of hydrogen-bond donors (Lipinski definition) is 1. The van der Waals surface area contributed by atoms with Crippen LogP contribution in [0, 0.1) is 0 Å². The number of nitrogen functional groups attached to an aromatic ring is 1. The van der Waals surface area contributed by atoms with E-state index in [-0.39, 0.29) is 6.04 Å². The summed E-state index contributed by atoms with van der Waals surface area (Å²) in [7, 11) is 0. The molecule has 5 rings (SSSR count). The second-order valence-electron chi connectivity index (χ2n) is 7.39. The van der Waals surface area contributed by atoms with Crippen molar-refractivity contribution in [1.29, 1.82) is 0 Å². The van der Waals surface area contributed by atoms with E-state index in [0.717, 1.165) is 56.5 Å². The van der Waals surface area contributed by atoms with Crippen LogP contribution in [0.2, 0.25) is 0 Å². The summed E-state index contributed by atoms with van der Waals surface area (Å²) >= 11 is 0. The van der Waals surface area contributed by atoms with Crippen molar-refractivity contribution in [2.75, 3.05) is 55.1 Å². The summed E-state index contributed by atoms with van der Waals surface area (Å²) in [6, 6.07) is 4.35. The van der Waals surface area contributed by atoms with Crippen LogP contribution in [0.1, 0.15) is 12.5 Å². The third-order valence-corrected chi connectivity index (χ3v) is 5.59. The van der Waals surface area contributed by atoms with Gasteiger partial charge in [-0.3, -0.25) is 0 Å². The Kier molecular flexibility index (Phi) is 4.09. The monoisotopic (exact) mass is 368 g/mol. The van der Waals surface area contributed by atoms with Gasteiger partial charge in [-0.15, -0.1) is 0 Å². The lowest BCUT2D eigenvalue weighted by Gasteiger charge is -2.35. The molecule has 8 heteroatoms. The predicted octanol–water partition coefficient (Wildman–Crippen LogP) is 1.11. The molecule has 0 saturated carbocycles. The van der Waals surface area contributed by atoms with Crippen LogP contribution in [0.3, 0.4) is 0 Å². The first kappa shape index (κ1) is 16.7. The lowest BCUT2D eigenvalue weighted by atomic mass is 10.1. The molecule has 2 N–H and O–H groups in total. The summed E-state index contributed by atoms with van der Waals surface area (Å²) < 4.78 is 11.3. The molecule has 0 amide bonds. The van der Waals surface area contributed by atoms with Crippen LogP contribution in [0.25, 0.3) is 11.4 Å². The minimum atomic E-state index is 0.282. The maximum absolute atomic E-state index is 5.75. The SMILES string of the molecule is C[C@@H]1COCCN1c1nc(-c2ccc(N)nc2)nc2c1C[C@@H]1COCCN21. The van der Waals surface area contributed by atoms with Crippen LogP contribution in [0.15, 0.2) is 18.3 Å². The number of fused-ring (bicyclic) bond motifs is 3. The van der Waals surface area contributed by atoms with Crippen molar-refractivity contribution >= 4 is 17.5 Å². The number of ether oxygens (including phenoxy) is 2. The molecular formula is C19H24N6O2. The van der Waals surface area contributed by atoms with E-state index in [4.69, 9.17) is 25.2 Å². The number of nitrogens with two attached hydrogens (primary N) is 1. The van der Waals surface area contributed by atoms with Gasteiger partial charge in [0.25, 0.3) is 0 Å². The molecule has 3 aliphatic rings. The van der Waals surface area contributed by atoms with Gasteiger partial charge in [-0.2, -0.15) is 0 Å². The zero-order valence-electron chi connectivity index (χ0n) is 15.5. The number of rotatable bonds is 2. The first-order chi connectivity index (χ1) is 13.2. The topological polar surface area (TPSA) is 89.6 Å². The van der Waals surface area contributed by atoms with E-state index >= 15 is 0 Å². The molecule has 0 aromatic carbocycles. The molecule has 2 aromatic heterocycles. The maximum atomic E-state index is 5.75. The van der Waals surface area contributed by atoms with Crippen molar-refractivity contribution in [2.45, 2.75) is 25.4 Å². The molecule has 0 unspecified atom stereocenters. The Labute approximate surface area is 158 Å². The molecule has 0 spiro atoms. The van der Waals surface area contributed by atoms with Crippen molar-refractivity contribution in [2.24, 2.45) is 0 Å². The quantitative estimate of drug-likeness (QED) is 0.843. The fourth-order valence-corrected chi connectivity index (χ4v) is 4.17. The number of morpholine rings is 2. The van der Waals surface area contributed by atoms with Gasteiger partial charge in [-0.05, 0) is 19.1 Å². The molecule has 27 heavy (non-hydrogen) atoms. The molecule has 142 valence electrons. The highest BCUT2D eigenvalue weighted by molar-refractivity contribution is 5.70. The van der Waals surface area contributed by atoms with Crippen LogP contribution in [-0.2, 0) is 15.9 Å². The van der Waals surface area contributed by atoms with E-state index in [2.05, 4.69) is 21.7 Å². The van der Waals surface area contributed by atoms with Crippen molar-refractivity contribution in [1.82, 2.24) is 15.0 Å². The average Bonchev–Trinajstić information content (AvgIpc) is 3.07. The van der Waals surface area contributed by atoms with Gasteiger partial charge in [0, 0.05) is 36.8 Å². The van der Waals surface area contributed by atoms with Crippen molar-refractivity contribution in [3.05, 3.63) is 23.9 Å². The second kappa shape index (κ2) is 6.61. The van der Waals surface area contributed by atoms with Gasteiger partial charge in [0.15, 0.2) is 5.82 Å². The molecule has 0 aliphatic carbocycles. The van der Waals surface area contributed by atoms with Crippen molar-refractivity contribution in [3.8, 4) is 11.4 Å². The summed E-state index contributed by atoms with van der Waals surface area (Å²) in [5.74, 6) is 3.26. The smallest absolute Gasteiger partial charge is 0.165 e. The summed E-state index contributed by atoms with van der Waals surface area (Å²) in [5.41, 5.74) is 7.86. The molecule has 3 aliphatic heterocycles. The van der Waals surface area contributed by atoms with E-state index in [1.165, 1.54) is 5.56 Å². The zero-order chi connectivity index (χ0) is 18.4. The number of hydrogen-bond acceptors (Lipinski definition) is 8. The molecule has 0 bridgehead atoms. The number of nitrogens with zero attached hydrogens (tertiary/aromatic N) is 5. The largest absolute Gasteiger partial charge is 0.384 e. The fourth-order valence-electron chi connectivity index (χ4n) is 4.17. The van der Waals surface area contributed by atoms with E-state index < -0.39 is 0 Å². The third-order valence-electron chi connectivity index (χ3n) is 5.59. The Bertz CT molecular complexity index is 843. The Hall–Kier alpha value is -2.45. The lowest BCUT2D eigenvalue weighted by Crippen LogP contribution is -2.44. The summed E-state index contributed by atoms with van der Waals surface area (Å²) in [6.07, 6.45) is 2.67. The average molecular weight is 368 g/mol. The Morgan fingerprint density at radius 2 is 1.78 bits per heavy atom. The van der Waals surface area contributed by atoms with Crippen LogP contribution in [0.4, 0.5) is 17.5 Å².